The minimum atomic E-state index is -0.515. The molecule has 0 aliphatic heterocycles. The Hall–Kier alpha value is -2.04. The van der Waals surface area contributed by atoms with Crippen molar-refractivity contribution in [3.8, 4) is 0 Å². The second-order valence-electron chi connectivity index (χ2n) is 5.66. The third-order valence-electron chi connectivity index (χ3n) is 3.96. The third-order valence-corrected chi connectivity index (χ3v) is 4.55. The molecule has 2 aromatic carbocycles. The molecule has 0 aliphatic rings. The van der Waals surface area contributed by atoms with Crippen molar-refractivity contribution in [1.82, 2.24) is 4.90 Å². The number of hydrogen-bond donors (Lipinski definition) is 0. The molecule has 1 unspecified atom stereocenters. The summed E-state index contributed by atoms with van der Waals surface area (Å²) in [4.78, 5) is 25.7. The van der Waals surface area contributed by atoms with E-state index in [0.29, 0.717) is 15.6 Å². The summed E-state index contributed by atoms with van der Waals surface area (Å²) in [6, 6.07) is 14.4. The van der Waals surface area contributed by atoms with Gasteiger partial charge in [0, 0.05) is 17.1 Å². The van der Waals surface area contributed by atoms with Gasteiger partial charge in [0.15, 0.2) is 6.61 Å². The Balaban J connectivity index is 1.87. The molecule has 25 heavy (non-hydrogen) atoms. The Bertz CT molecular complexity index is 750. The summed E-state index contributed by atoms with van der Waals surface area (Å²) in [7, 11) is 1.68. The van der Waals surface area contributed by atoms with Crippen LogP contribution in [0.3, 0.4) is 0 Å². The minimum absolute atomic E-state index is 0.0127. The summed E-state index contributed by atoms with van der Waals surface area (Å²) in [6.45, 7) is 1.61. The van der Waals surface area contributed by atoms with Gasteiger partial charge in [-0.3, -0.25) is 9.59 Å². The number of nitrogens with zero attached hydrogens (tertiary/aromatic N) is 1. The van der Waals surface area contributed by atoms with Crippen LogP contribution < -0.4 is 0 Å². The molecule has 0 saturated heterocycles. The van der Waals surface area contributed by atoms with E-state index >= 15 is 0 Å². The normalized spacial score (nSPS) is 11.7. The first-order chi connectivity index (χ1) is 11.9. The van der Waals surface area contributed by atoms with Gasteiger partial charge < -0.3 is 9.64 Å². The van der Waals surface area contributed by atoms with Crippen LogP contribution in [-0.4, -0.2) is 30.4 Å². The van der Waals surface area contributed by atoms with Crippen LogP contribution in [0, 0.1) is 0 Å². The van der Waals surface area contributed by atoms with E-state index in [2.05, 4.69) is 0 Å². The number of carbonyl (C=O) groups is 2. The summed E-state index contributed by atoms with van der Waals surface area (Å²) < 4.78 is 5.08. The predicted octanol–water partition coefficient (Wildman–Crippen LogP) is 4.30. The average molecular weight is 380 g/mol. The highest BCUT2D eigenvalue weighted by Gasteiger charge is 2.19. The Morgan fingerprint density at radius 1 is 1.12 bits per heavy atom. The SMILES string of the molecule is CC(c1ccccc1)N(C)C(=O)COC(=O)Cc1ccc(Cl)cc1Cl. The van der Waals surface area contributed by atoms with Crippen LogP contribution in [-0.2, 0) is 20.7 Å². The van der Waals surface area contributed by atoms with Crippen molar-refractivity contribution in [2.75, 3.05) is 13.7 Å². The molecule has 0 heterocycles. The van der Waals surface area contributed by atoms with Crippen LogP contribution >= 0.6 is 23.2 Å². The summed E-state index contributed by atoms with van der Waals surface area (Å²) in [5, 5.41) is 0.888. The highest BCUT2D eigenvalue weighted by molar-refractivity contribution is 6.35. The minimum Gasteiger partial charge on any atom is -0.455 e. The number of esters is 1. The van der Waals surface area contributed by atoms with E-state index < -0.39 is 5.97 Å². The van der Waals surface area contributed by atoms with E-state index in [1.807, 2.05) is 37.3 Å². The average Bonchev–Trinajstić information content (AvgIpc) is 2.61. The molecule has 1 amide bonds. The van der Waals surface area contributed by atoms with Crippen molar-refractivity contribution in [2.45, 2.75) is 19.4 Å². The van der Waals surface area contributed by atoms with Gasteiger partial charge in [-0.05, 0) is 30.2 Å². The standard InChI is InChI=1S/C19H19Cl2NO3/c1-13(14-6-4-3-5-7-14)22(2)18(23)12-25-19(24)10-15-8-9-16(20)11-17(15)21/h3-9,11,13H,10,12H2,1-2H3. The molecule has 0 aliphatic carbocycles. The summed E-state index contributed by atoms with van der Waals surface area (Å²) in [6.07, 6.45) is -0.0127. The highest BCUT2D eigenvalue weighted by atomic mass is 35.5. The van der Waals surface area contributed by atoms with Crippen LogP contribution in [0.4, 0.5) is 0 Å². The van der Waals surface area contributed by atoms with E-state index in [9.17, 15) is 9.59 Å². The van der Waals surface area contributed by atoms with E-state index in [-0.39, 0.29) is 25.0 Å². The van der Waals surface area contributed by atoms with Gasteiger partial charge >= 0.3 is 5.97 Å². The summed E-state index contributed by atoms with van der Waals surface area (Å²) in [5.74, 6) is -0.787. The maximum absolute atomic E-state index is 12.2. The predicted molar refractivity (Wildman–Crippen MR) is 98.8 cm³/mol. The first-order valence-electron chi connectivity index (χ1n) is 7.78. The fourth-order valence-corrected chi connectivity index (χ4v) is 2.76. The number of likely N-dealkylation sites (N-methyl/N-ethyl adjacent to an activating group) is 1. The largest absolute Gasteiger partial charge is 0.455 e. The lowest BCUT2D eigenvalue weighted by molar-refractivity contribution is -0.151. The van der Waals surface area contributed by atoms with Crippen LogP contribution in [0.2, 0.25) is 10.0 Å². The van der Waals surface area contributed by atoms with Gasteiger partial charge in [-0.2, -0.15) is 0 Å². The van der Waals surface area contributed by atoms with Crippen molar-refractivity contribution < 1.29 is 14.3 Å². The maximum Gasteiger partial charge on any atom is 0.310 e. The van der Waals surface area contributed by atoms with E-state index in [1.54, 1.807) is 30.1 Å². The Morgan fingerprint density at radius 3 is 2.44 bits per heavy atom. The number of rotatable bonds is 6. The Kier molecular flexibility index (Phi) is 6.85. The summed E-state index contributed by atoms with van der Waals surface area (Å²) in [5.41, 5.74) is 1.62. The number of hydrogen-bond acceptors (Lipinski definition) is 3. The molecular weight excluding hydrogens is 361 g/mol. The zero-order valence-corrected chi connectivity index (χ0v) is 15.6. The lowest BCUT2D eigenvalue weighted by Crippen LogP contribution is -2.33. The summed E-state index contributed by atoms with van der Waals surface area (Å²) >= 11 is 11.8. The van der Waals surface area contributed by atoms with Gasteiger partial charge in [0.25, 0.3) is 5.91 Å². The van der Waals surface area contributed by atoms with E-state index in [4.69, 9.17) is 27.9 Å². The van der Waals surface area contributed by atoms with Gasteiger partial charge in [-0.15, -0.1) is 0 Å². The molecule has 2 rings (SSSR count). The molecule has 4 nitrogen and oxygen atoms in total. The zero-order valence-electron chi connectivity index (χ0n) is 14.0. The molecule has 0 saturated carbocycles. The first kappa shape index (κ1) is 19.3. The number of halogens is 2. The maximum atomic E-state index is 12.2. The van der Waals surface area contributed by atoms with E-state index in [1.165, 1.54) is 0 Å². The Labute approximate surface area is 157 Å². The molecule has 6 heteroatoms. The first-order valence-corrected chi connectivity index (χ1v) is 8.54. The molecule has 2 aromatic rings. The smallest absolute Gasteiger partial charge is 0.310 e. The van der Waals surface area contributed by atoms with Gasteiger partial charge in [0.2, 0.25) is 0 Å². The third kappa shape index (κ3) is 5.48. The molecule has 0 radical (unpaired) electrons. The second kappa shape index (κ2) is 8.88. The molecular formula is C19H19Cl2NO3. The second-order valence-corrected chi connectivity index (χ2v) is 6.51. The van der Waals surface area contributed by atoms with Crippen molar-refractivity contribution in [3.05, 3.63) is 69.7 Å². The van der Waals surface area contributed by atoms with Crippen molar-refractivity contribution in [2.24, 2.45) is 0 Å². The molecule has 0 aromatic heterocycles. The Morgan fingerprint density at radius 2 is 1.80 bits per heavy atom. The lowest BCUT2D eigenvalue weighted by atomic mass is 10.1. The highest BCUT2D eigenvalue weighted by Crippen LogP contribution is 2.22. The van der Waals surface area contributed by atoms with Crippen LogP contribution in [0.25, 0.3) is 0 Å². The topological polar surface area (TPSA) is 46.6 Å². The quantitative estimate of drug-likeness (QED) is 0.702. The molecule has 132 valence electrons. The van der Waals surface area contributed by atoms with Crippen LogP contribution in [0.5, 0.6) is 0 Å². The van der Waals surface area contributed by atoms with Crippen LogP contribution in [0.1, 0.15) is 24.1 Å². The monoisotopic (exact) mass is 379 g/mol. The molecule has 1 atom stereocenters. The number of amides is 1. The van der Waals surface area contributed by atoms with Crippen molar-refractivity contribution in [3.63, 3.8) is 0 Å². The molecule has 0 fully saturated rings. The van der Waals surface area contributed by atoms with Gasteiger partial charge in [-0.1, -0.05) is 59.6 Å². The van der Waals surface area contributed by atoms with Gasteiger partial charge in [-0.25, -0.2) is 0 Å². The van der Waals surface area contributed by atoms with Crippen LogP contribution in [0.15, 0.2) is 48.5 Å². The van der Waals surface area contributed by atoms with Gasteiger partial charge in [0.05, 0.1) is 12.5 Å². The van der Waals surface area contributed by atoms with Crippen molar-refractivity contribution in [1.29, 1.82) is 0 Å². The lowest BCUT2D eigenvalue weighted by Gasteiger charge is -2.25. The van der Waals surface area contributed by atoms with Gasteiger partial charge in [0.1, 0.15) is 0 Å². The molecule has 0 N–H and O–H groups in total. The number of carbonyl (C=O) groups excluding carboxylic acids is 2. The number of ether oxygens (including phenoxy) is 1. The van der Waals surface area contributed by atoms with E-state index in [0.717, 1.165) is 5.56 Å². The molecule has 0 spiro atoms. The fraction of sp³-hybridized carbons (Fsp3) is 0.263. The zero-order chi connectivity index (χ0) is 18.4. The fourth-order valence-electron chi connectivity index (χ4n) is 2.29. The number of benzene rings is 2. The molecule has 0 bridgehead atoms. The van der Waals surface area contributed by atoms with Crippen molar-refractivity contribution >= 4 is 35.1 Å².